The second-order valence-electron chi connectivity index (χ2n) is 7.81. The fraction of sp³-hybridized carbons (Fsp3) is 0.280. The van der Waals surface area contributed by atoms with Crippen LogP contribution in [-0.4, -0.2) is 58.3 Å². The number of ether oxygens (including phenoxy) is 2. The van der Waals surface area contributed by atoms with Crippen LogP contribution in [0.25, 0.3) is 0 Å². The molecule has 0 saturated carbocycles. The lowest BCUT2D eigenvalue weighted by Gasteiger charge is -2.41. The maximum atomic E-state index is 13.5. The van der Waals surface area contributed by atoms with Gasteiger partial charge in [0, 0.05) is 44.0 Å². The van der Waals surface area contributed by atoms with Crippen LogP contribution < -0.4 is 9.47 Å². The first kappa shape index (κ1) is 22.3. The number of hydrogen-bond acceptors (Lipinski definition) is 6. The van der Waals surface area contributed by atoms with Crippen molar-refractivity contribution in [3.63, 3.8) is 0 Å². The van der Waals surface area contributed by atoms with E-state index in [4.69, 9.17) is 9.47 Å². The van der Waals surface area contributed by atoms with Crippen LogP contribution in [0.3, 0.4) is 0 Å². The molecule has 3 aromatic rings. The topological polar surface area (TPSA) is 84.9 Å². The number of hydrogen-bond donors (Lipinski definition) is 0. The monoisotopic (exact) mass is 446 g/mol. The van der Waals surface area contributed by atoms with Gasteiger partial charge < -0.3 is 19.3 Å². The Hall–Kier alpha value is -3.94. The van der Waals surface area contributed by atoms with Crippen LogP contribution in [0.2, 0.25) is 0 Å². The lowest BCUT2D eigenvalue weighted by atomic mass is 10.0. The number of carbonyl (C=O) groups excluding carboxylic acids is 2. The van der Waals surface area contributed by atoms with Crippen LogP contribution in [0.4, 0.5) is 0 Å². The molecular weight excluding hydrogens is 420 g/mol. The van der Waals surface area contributed by atoms with E-state index in [1.54, 1.807) is 54.4 Å². The summed E-state index contributed by atoms with van der Waals surface area (Å²) in [6, 6.07) is 14.3. The number of amides is 2. The van der Waals surface area contributed by atoms with Gasteiger partial charge in [0.05, 0.1) is 19.3 Å². The third kappa shape index (κ3) is 4.79. The van der Waals surface area contributed by atoms with Gasteiger partial charge in [-0.1, -0.05) is 18.2 Å². The lowest BCUT2D eigenvalue weighted by molar-refractivity contribution is -0.133. The smallest absolute Gasteiger partial charge is 0.259 e. The van der Waals surface area contributed by atoms with Gasteiger partial charge in [-0.3, -0.25) is 14.6 Å². The molecule has 1 aliphatic heterocycles. The van der Waals surface area contributed by atoms with Crippen molar-refractivity contribution in [3.8, 4) is 17.4 Å². The Morgan fingerprint density at radius 3 is 2.58 bits per heavy atom. The lowest BCUT2D eigenvalue weighted by Crippen LogP contribution is -2.52. The predicted octanol–water partition coefficient (Wildman–Crippen LogP) is 3.63. The highest BCUT2D eigenvalue weighted by atomic mass is 16.5. The summed E-state index contributed by atoms with van der Waals surface area (Å²) in [4.78, 5) is 37.9. The first-order valence-electron chi connectivity index (χ1n) is 10.7. The van der Waals surface area contributed by atoms with Gasteiger partial charge in [-0.2, -0.15) is 0 Å². The number of piperazine rings is 1. The molecule has 170 valence electrons. The molecule has 0 N–H and O–H groups in total. The first-order valence-corrected chi connectivity index (χ1v) is 10.7. The molecule has 1 saturated heterocycles. The molecule has 0 unspecified atom stereocenters. The van der Waals surface area contributed by atoms with Gasteiger partial charge in [0.15, 0.2) is 0 Å². The van der Waals surface area contributed by atoms with Crippen LogP contribution in [0, 0.1) is 6.92 Å². The number of carbonyl (C=O) groups is 2. The normalized spacial score (nSPS) is 15.8. The zero-order valence-corrected chi connectivity index (χ0v) is 18.9. The Morgan fingerprint density at radius 1 is 1.03 bits per heavy atom. The van der Waals surface area contributed by atoms with Crippen molar-refractivity contribution in [1.82, 2.24) is 19.8 Å². The molecule has 1 fully saturated rings. The molecule has 1 aromatic carbocycles. The van der Waals surface area contributed by atoms with E-state index in [0.29, 0.717) is 36.7 Å². The maximum Gasteiger partial charge on any atom is 0.259 e. The van der Waals surface area contributed by atoms with Crippen molar-refractivity contribution in [3.05, 3.63) is 77.7 Å². The average Bonchev–Trinajstić information content (AvgIpc) is 2.85. The van der Waals surface area contributed by atoms with Crippen LogP contribution in [-0.2, 0) is 4.79 Å². The van der Waals surface area contributed by atoms with Gasteiger partial charge in [0.2, 0.25) is 11.8 Å². The summed E-state index contributed by atoms with van der Waals surface area (Å²) in [6.45, 7) is 4.59. The van der Waals surface area contributed by atoms with Gasteiger partial charge in [-0.15, -0.1) is 0 Å². The minimum absolute atomic E-state index is 0.0460. The number of rotatable bonds is 5. The predicted molar refractivity (Wildman–Crippen MR) is 122 cm³/mol. The van der Waals surface area contributed by atoms with E-state index >= 15 is 0 Å². The molecule has 0 bridgehead atoms. The molecule has 1 aliphatic rings. The Bertz CT molecular complexity index is 1150. The van der Waals surface area contributed by atoms with E-state index in [-0.39, 0.29) is 23.7 Å². The summed E-state index contributed by atoms with van der Waals surface area (Å²) in [5, 5.41) is 0. The van der Waals surface area contributed by atoms with Gasteiger partial charge in [0.25, 0.3) is 5.91 Å². The zero-order valence-electron chi connectivity index (χ0n) is 18.9. The molecule has 4 rings (SSSR count). The fourth-order valence-corrected chi connectivity index (χ4v) is 3.98. The van der Waals surface area contributed by atoms with E-state index in [1.807, 2.05) is 37.3 Å². The van der Waals surface area contributed by atoms with Crippen molar-refractivity contribution in [2.75, 3.05) is 26.7 Å². The second-order valence-corrected chi connectivity index (χ2v) is 7.81. The minimum Gasteiger partial charge on any atom is -0.496 e. The molecule has 33 heavy (non-hydrogen) atoms. The van der Waals surface area contributed by atoms with E-state index in [0.717, 1.165) is 11.3 Å². The summed E-state index contributed by atoms with van der Waals surface area (Å²) >= 11 is 0. The van der Waals surface area contributed by atoms with Gasteiger partial charge in [0.1, 0.15) is 17.1 Å². The molecule has 2 aromatic heterocycles. The van der Waals surface area contributed by atoms with Crippen molar-refractivity contribution < 1.29 is 19.1 Å². The number of methoxy groups -OCH3 is 1. The van der Waals surface area contributed by atoms with Gasteiger partial charge in [-0.25, -0.2) is 4.98 Å². The number of aromatic nitrogens is 2. The molecule has 8 heteroatoms. The van der Waals surface area contributed by atoms with E-state index in [2.05, 4.69) is 9.97 Å². The SMILES string of the molecule is COc1ccccc1[C@H]1CN(C(=O)c2cccnc2Oc2ccc(C)nc2)CCN1C(C)=O. The third-order valence-electron chi connectivity index (χ3n) is 5.67. The summed E-state index contributed by atoms with van der Waals surface area (Å²) < 4.78 is 11.4. The minimum atomic E-state index is -0.321. The van der Waals surface area contributed by atoms with Crippen LogP contribution in [0.15, 0.2) is 60.9 Å². The Morgan fingerprint density at radius 2 is 1.85 bits per heavy atom. The molecular formula is C25H26N4O4. The average molecular weight is 447 g/mol. The van der Waals surface area contributed by atoms with Gasteiger partial charge >= 0.3 is 0 Å². The molecule has 0 radical (unpaired) electrons. The summed E-state index contributed by atoms with van der Waals surface area (Å²) in [7, 11) is 1.60. The molecule has 8 nitrogen and oxygen atoms in total. The third-order valence-corrected chi connectivity index (χ3v) is 5.67. The second kappa shape index (κ2) is 9.68. The molecule has 1 atom stereocenters. The van der Waals surface area contributed by atoms with Crippen LogP contribution >= 0.6 is 0 Å². The van der Waals surface area contributed by atoms with Crippen molar-refractivity contribution in [2.45, 2.75) is 19.9 Å². The number of para-hydroxylation sites is 1. The summed E-state index contributed by atoms with van der Waals surface area (Å²) in [6.07, 6.45) is 3.18. The Balaban J connectivity index is 1.61. The molecule has 2 amide bonds. The van der Waals surface area contributed by atoms with E-state index < -0.39 is 0 Å². The van der Waals surface area contributed by atoms with Gasteiger partial charge in [-0.05, 0) is 37.3 Å². The van der Waals surface area contributed by atoms with Crippen LogP contribution in [0.1, 0.15) is 34.6 Å². The van der Waals surface area contributed by atoms with Crippen molar-refractivity contribution >= 4 is 11.8 Å². The highest BCUT2D eigenvalue weighted by Crippen LogP contribution is 2.33. The standard InChI is InChI=1S/C25H26N4O4/c1-17-10-11-19(15-27-17)33-24-21(8-6-12-26-24)25(31)28-13-14-29(18(2)30)22(16-28)20-7-4-5-9-23(20)32-3/h4-12,15,22H,13-14,16H2,1-3H3/t22-/m1/s1. The highest BCUT2D eigenvalue weighted by molar-refractivity contribution is 5.96. The zero-order chi connectivity index (χ0) is 23.4. The largest absolute Gasteiger partial charge is 0.496 e. The van der Waals surface area contributed by atoms with Crippen LogP contribution in [0.5, 0.6) is 17.4 Å². The van der Waals surface area contributed by atoms with Crippen molar-refractivity contribution in [1.29, 1.82) is 0 Å². The summed E-state index contributed by atoms with van der Waals surface area (Å²) in [5.74, 6) is 1.15. The number of nitrogens with zero attached hydrogens (tertiary/aromatic N) is 4. The molecule has 3 heterocycles. The molecule has 0 spiro atoms. The van der Waals surface area contributed by atoms with E-state index in [9.17, 15) is 9.59 Å². The summed E-state index contributed by atoms with van der Waals surface area (Å²) in [5.41, 5.74) is 2.08. The maximum absolute atomic E-state index is 13.5. The van der Waals surface area contributed by atoms with E-state index in [1.165, 1.54) is 0 Å². The Labute approximate surface area is 192 Å². The quantitative estimate of drug-likeness (QED) is 0.595. The first-order chi connectivity index (χ1) is 16.0. The van der Waals surface area contributed by atoms with Crippen molar-refractivity contribution in [2.24, 2.45) is 0 Å². The number of pyridine rings is 2. The number of aryl methyl sites for hydroxylation is 1. The molecule has 0 aliphatic carbocycles. The number of benzene rings is 1. The Kier molecular flexibility index (Phi) is 6.53. The fourth-order valence-electron chi connectivity index (χ4n) is 3.98. The highest BCUT2D eigenvalue weighted by Gasteiger charge is 2.34.